The molecular weight excluding hydrogens is 309 g/mol. The van der Waals surface area contributed by atoms with Gasteiger partial charge in [0.05, 0.1) is 12.1 Å². The average Bonchev–Trinajstić information content (AvgIpc) is 2.63. The van der Waals surface area contributed by atoms with Gasteiger partial charge in [0.1, 0.15) is 5.82 Å². The summed E-state index contributed by atoms with van der Waals surface area (Å²) in [5.74, 6) is -0.566. The first kappa shape index (κ1) is 16.9. The summed E-state index contributed by atoms with van der Waals surface area (Å²) in [7, 11) is 0. The molecule has 24 heavy (non-hydrogen) atoms. The van der Waals surface area contributed by atoms with Gasteiger partial charge in [0.2, 0.25) is 5.91 Å². The van der Waals surface area contributed by atoms with Crippen molar-refractivity contribution in [2.75, 3.05) is 45.8 Å². The van der Waals surface area contributed by atoms with E-state index in [1.165, 1.54) is 18.6 Å². The van der Waals surface area contributed by atoms with Gasteiger partial charge in [-0.25, -0.2) is 4.39 Å². The maximum Gasteiger partial charge on any atom is 0.256 e. The van der Waals surface area contributed by atoms with Gasteiger partial charge in [-0.3, -0.25) is 14.5 Å². The van der Waals surface area contributed by atoms with Crippen LogP contribution in [0.2, 0.25) is 0 Å². The summed E-state index contributed by atoms with van der Waals surface area (Å²) in [5.41, 5.74) is 0.121. The number of benzene rings is 1. The zero-order valence-electron chi connectivity index (χ0n) is 13.9. The van der Waals surface area contributed by atoms with Crippen LogP contribution in [0.5, 0.6) is 0 Å². The predicted octanol–water partition coefficient (Wildman–Crippen LogP) is 1.60. The molecule has 0 spiro atoms. The topological polar surface area (TPSA) is 43.9 Å². The minimum absolute atomic E-state index is 0.121. The second kappa shape index (κ2) is 7.75. The van der Waals surface area contributed by atoms with E-state index in [0.717, 1.165) is 25.9 Å². The molecule has 5 nitrogen and oxygen atoms in total. The number of likely N-dealkylation sites (tertiary alicyclic amines) is 1. The molecule has 130 valence electrons. The molecule has 0 aliphatic carbocycles. The van der Waals surface area contributed by atoms with Gasteiger partial charge in [-0.05, 0) is 31.4 Å². The molecule has 2 aliphatic heterocycles. The number of carbonyl (C=O) groups excluding carboxylic acids is 2. The van der Waals surface area contributed by atoms with E-state index in [0.29, 0.717) is 32.7 Å². The van der Waals surface area contributed by atoms with Crippen molar-refractivity contribution < 1.29 is 14.0 Å². The van der Waals surface area contributed by atoms with Crippen molar-refractivity contribution in [3.8, 4) is 0 Å². The van der Waals surface area contributed by atoms with Crippen LogP contribution in [0.3, 0.4) is 0 Å². The van der Waals surface area contributed by atoms with Crippen molar-refractivity contribution in [1.82, 2.24) is 14.7 Å². The van der Waals surface area contributed by atoms with E-state index in [1.54, 1.807) is 17.0 Å². The molecule has 6 heteroatoms. The fourth-order valence-corrected chi connectivity index (χ4v) is 3.35. The van der Waals surface area contributed by atoms with Crippen molar-refractivity contribution >= 4 is 11.8 Å². The van der Waals surface area contributed by atoms with Gasteiger partial charge in [-0.15, -0.1) is 0 Å². The molecule has 0 radical (unpaired) electrons. The highest BCUT2D eigenvalue weighted by molar-refractivity contribution is 5.94. The largest absolute Gasteiger partial charge is 0.342 e. The monoisotopic (exact) mass is 333 g/mol. The number of hydrogen-bond donors (Lipinski definition) is 0. The van der Waals surface area contributed by atoms with E-state index in [4.69, 9.17) is 0 Å². The number of carbonyl (C=O) groups is 2. The Labute approximate surface area is 142 Å². The quantitative estimate of drug-likeness (QED) is 0.844. The van der Waals surface area contributed by atoms with Crippen LogP contribution in [0.4, 0.5) is 4.39 Å². The van der Waals surface area contributed by atoms with Crippen LogP contribution in [0.1, 0.15) is 29.6 Å². The highest BCUT2D eigenvalue weighted by Crippen LogP contribution is 2.13. The van der Waals surface area contributed by atoms with E-state index in [2.05, 4.69) is 4.90 Å². The van der Waals surface area contributed by atoms with E-state index in [9.17, 15) is 14.0 Å². The Hall–Kier alpha value is -1.95. The molecule has 0 N–H and O–H groups in total. The highest BCUT2D eigenvalue weighted by atomic mass is 19.1. The first-order valence-electron chi connectivity index (χ1n) is 8.69. The molecule has 1 aromatic carbocycles. The van der Waals surface area contributed by atoms with Crippen LogP contribution in [0.25, 0.3) is 0 Å². The zero-order chi connectivity index (χ0) is 16.9. The molecule has 2 amide bonds. The maximum absolute atomic E-state index is 13.7. The van der Waals surface area contributed by atoms with Crippen molar-refractivity contribution in [2.24, 2.45) is 0 Å². The van der Waals surface area contributed by atoms with Gasteiger partial charge in [0, 0.05) is 39.3 Å². The third-order valence-electron chi connectivity index (χ3n) is 4.83. The van der Waals surface area contributed by atoms with Crippen LogP contribution in [0, 0.1) is 5.82 Å². The van der Waals surface area contributed by atoms with E-state index >= 15 is 0 Å². The summed E-state index contributed by atoms with van der Waals surface area (Å²) < 4.78 is 13.7. The Morgan fingerprint density at radius 3 is 2.21 bits per heavy atom. The number of piperidine rings is 1. The average molecular weight is 333 g/mol. The summed E-state index contributed by atoms with van der Waals surface area (Å²) in [6.07, 6.45) is 3.40. The van der Waals surface area contributed by atoms with Crippen LogP contribution < -0.4 is 0 Å². The molecule has 2 heterocycles. The summed E-state index contributed by atoms with van der Waals surface area (Å²) in [5, 5.41) is 0. The standard InChI is InChI=1S/C18H24FN3O2/c19-16-7-3-2-6-15(16)18(24)22-12-10-20(11-13-22)14-17(23)21-8-4-1-5-9-21/h2-3,6-7H,1,4-5,8-14H2. The summed E-state index contributed by atoms with van der Waals surface area (Å²) >= 11 is 0. The molecular formula is C18H24FN3O2. The highest BCUT2D eigenvalue weighted by Gasteiger charge is 2.26. The molecule has 0 aromatic heterocycles. The van der Waals surface area contributed by atoms with Crippen molar-refractivity contribution in [1.29, 1.82) is 0 Å². The zero-order valence-corrected chi connectivity index (χ0v) is 13.9. The molecule has 0 saturated carbocycles. The molecule has 0 bridgehead atoms. The molecule has 1 aromatic rings. The Balaban J connectivity index is 1.49. The summed E-state index contributed by atoms with van der Waals surface area (Å²) in [4.78, 5) is 30.4. The van der Waals surface area contributed by atoms with Crippen LogP contribution in [0.15, 0.2) is 24.3 Å². The number of amides is 2. The minimum atomic E-state index is -0.481. The van der Waals surface area contributed by atoms with Gasteiger partial charge < -0.3 is 9.80 Å². The lowest BCUT2D eigenvalue weighted by Gasteiger charge is -2.36. The van der Waals surface area contributed by atoms with Crippen LogP contribution in [-0.2, 0) is 4.79 Å². The summed E-state index contributed by atoms with van der Waals surface area (Å²) in [6.45, 7) is 4.51. The molecule has 3 rings (SSSR count). The smallest absolute Gasteiger partial charge is 0.256 e. The maximum atomic E-state index is 13.7. The van der Waals surface area contributed by atoms with Gasteiger partial charge in [-0.1, -0.05) is 12.1 Å². The predicted molar refractivity (Wildman–Crippen MR) is 89.2 cm³/mol. The Kier molecular flexibility index (Phi) is 5.45. The normalized spacial score (nSPS) is 19.4. The first-order chi connectivity index (χ1) is 11.6. The second-order valence-electron chi connectivity index (χ2n) is 6.49. The van der Waals surface area contributed by atoms with Crippen molar-refractivity contribution in [2.45, 2.75) is 19.3 Å². The summed E-state index contributed by atoms with van der Waals surface area (Å²) in [6, 6.07) is 6.07. The van der Waals surface area contributed by atoms with Crippen LogP contribution in [-0.4, -0.2) is 72.3 Å². The fourth-order valence-electron chi connectivity index (χ4n) is 3.35. The van der Waals surface area contributed by atoms with Crippen molar-refractivity contribution in [3.05, 3.63) is 35.6 Å². The third kappa shape index (κ3) is 3.93. The SMILES string of the molecule is O=C(CN1CCN(C(=O)c2ccccc2F)CC1)N1CCCCC1. The first-order valence-corrected chi connectivity index (χ1v) is 8.69. The van der Waals surface area contributed by atoms with E-state index < -0.39 is 5.82 Å². The fraction of sp³-hybridized carbons (Fsp3) is 0.556. The van der Waals surface area contributed by atoms with Gasteiger partial charge in [0.25, 0.3) is 5.91 Å². The van der Waals surface area contributed by atoms with Gasteiger partial charge in [-0.2, -0.15) is 0 Å². The number of hydrogen-bond acceptors (Lipinski definition) is 3. The number of nitrogens with zero attached hydrogens (tertiary/aromatic N) is 3. The molecule has 2 aliphatic rings. The molecule has 0 atom stereocenters. The number of piperazine rings is 1. The van der Waals surface area contributed by atoms with E-state index in [-0.39, 0.29) is 17.4 Å². The van der Waals surface area contributed by atoms with Gasteiger partial charge in [0.15, 0.2) is 0 Å². The van der Waals surface area contributed by atoms with Crippen molar-refractivity contribution in [3.63, 3.8) is 0 Å². The lowest BCUT2D eigenvalue weighted by molar-refractivity contribution is -0.133. The molecule has 0 unspecified atom stereocenters. The number of halogens is 1. The third-order valence-corrected chi connectivity index (χ3v) is 4.83. The molecule has 2 saturated heterocycles. The second-order valence-corrected chi connectivity index (χ2v) is 6.49. The Morgan fingerprint density at radius 2 is 1.54 bits per heavy atom. The lowest BCUT2D eigenvalue weighted by atomic mass is 10.1. The van der Waals surface area contributed by atoms with Crippen LogP contribution >= 0.6 is 0 Å². The Morgan fingerprint density at radius 1 is 0.875 bits per heavy atom. The number of rotatable bonds is 3. The minimum Gasteiger partial charge on any atom is -0.342 e. The van der Waals surface area contributed by atoms with E-state index in [1.807, 2.05) is 4.90 Å². The lowest BCUT2D eigenvalue weighted by Crippen LogP contribution is -2.52. The molecule has 2 fully saturated rings. The van der Waals surface area contributed by atoms with Gasteiger partial charge >= 0.3 is 0 Å². The Bertz CT molecular complexity index is 594.